The zero-order valence-corrected chi connectivity index (χ0v) is 14.0. The van der Waals surface area contributed by atoms with Gasteiger partial charge in [0.2, 0.25) is 0 Å². The summed E-state index contributed by atoms with van der Waals surface area (Å²) in [6, 6.07) is 7.88. The fourth-order valence-corrected chi connectivity index (χ4v) is 3.60. The lowest BCUT2D eigenvalue weighted by atomic mass is 10.1. The van der Waals surface area contributed by atoms with E-state index in [4.69, 9.17) is 4.42 Å². The number of piperidine rings is 1. The maximum absolute atomic E-state index is 12.0. The number of carbonyl (C=O) groups excluding carboxylic acids is 1. The van der Waals surface area contributed by atoms with Crippen LogP contribution >= 0.6 is 11.3 Å². The van der Waals surface area contributed by atoms with Crippen molar-refractivity contribution in [3.63, 3.8) is 0 Å². The molecule has 0 saturated carbocycles. The lowest BCUT2D eigenvalue weighted by Crippen LogP contribution is -2.43. The Labute approximate surface area is 140 Å². The number of carbonyl (C=O) groups is 1. The lowest BCUT2D eigenvalue weighted by Gasteiger charge is -2.33. The highest BCUT2D eigenvalue weighted by Crippen LogP contribution is 2.24. The Kier molecular flexibility index (Phi) is 5.71. The molecule has 1 fully saturated rings. The van der Waals surface area contributed by atoms with Gasteiger partial charge in [-0.05, 0) is 49.5 Å². The molecular formula is C17H23N3O2S. The van der Waals surface area contributed by atoms with Crippen molar-refractivity contribution in [2.24, 2.45) is 0 Å². The zero-order chi connectivity index (χ0) is 15.9. The fraction of sp³-hybridized carbons (Fsp3) is 0.471. The predicted octanol–water partition coefficient (Wildman–Crippen LogP) is 3.37. The second-order valence-electron chi connectivity index (χ2n) is 5.77. The maximum atomic E-state index is 12.0. The monoisotopic (exact) mass is 333 g/mol. The van der Waals surface area contributed by atoms with Crippen molar-refractivity contribution in [3.8, 4) is 0 Å². The molecule has 23 heavy (non-hydrogen) atoms. The third kappa shape index (κ3) is 4.59. The van der Waals surface area contributed by atoms with Gasteiger partial charge in [0, 0.05) is 11.4 Å². The summed E-state index contributed by atoms with van der Waals surface area (Å²) in [5, 5.41) is 7.90. The standard InChI is InChI=1S/C17H23N3O2S/c21-17(18-12-14-6-5-11-23-14)19-13-15(16-7-4-10-22-16)20-8-2-1-3-9-20/h4-7,10-11,15H,1-3,8-9,12-13H2,(H2,18,19,21)/t15-/m0/s1. The van der Waals surface area contributed by atoms with Crippen molar-refractivity contribution >= 4 is 17.4 Å². The molecule has 0 unspecified atom stereocenters. The van der Waals surface area contributed by atoms with Crippen molar-refractivity contribution in [2.45, 2.75) is 31.8 Å². The number of urea groups is 1. The van der Waals surface area contributed by atoms with Crippen LogP contribution in [-0.4, -0.2) is 30.6 Å². The number of hydrogen-bond donors (Lipinski definition) is 2. The number of nitrogens with zero attached hydrogens (tertiary/aromatic N) is 1. The molecule has 2 amide bonds. The Morgan fingerprint density at radius 1 is 1.22 bits per heavy atom. The summed E-state index contributed by atoms with van der Waals surface area (Å²) >= 11 is 1.64. The third-order valence-electron chi connectivity index (χ3n) is 4.16. The van der Waals surface area contributed by atoms with Gasteiger partial charge in [-0.2, -0.15) is 0 Å². The van der Waals surface area contributed by atoms with Crippen LogP contribution in [-0.2, 0) is 6.54 Å². The van der Waals surface area contributed by atoms with Crippen LogP contribution in [0.5, 0.6) is 0 Å². The number of likely N-dealkylation sites (tertiary alicyclic amines) is 1. The first-order valence-corrected chi connectivity index (χ1v) is 9.02. The van der Waals surface area contributed by atoms with Crippen LogP contribution in [0.15, 0.2) is 40.3 Å². The number of amides is 2. The van der Waals surface area contributed by atoms with Gasteiger partial charge in [-0.3, -0.25) is 4.90 Å². The van der Waals surface area contributed by atoms with Gasteiger partial charge < -0.3 is 15.1 Å². The fourth-order valence-electron chi connectivity index (χ4n) is 2.95. The molecule has 124 valence electrons. The molecule has 3 heterocycles. The molecule has 3 rings (SSSR count). The summed E-state index contributed by atoms with van der Waals surface area (Å²) in [5.74, 6) is 0.922. The molecule has 0 aliphatic carbocycles. The minimum absolute atomic E-state index is 0.109. The second kappa shape index (κ2) is 8.17. The van der Waals surface area contributed by atoms with Crippen LogP contribution in [0.1, 0.15) is 35.9 Å². The highest BCUT2D eigenvalue weighted by Gasteiger charge is 2.24. The third-order valence-corrected chi connectivity index (χ3v) is 5.04. The number of nitrogens with one attached hydrogen (secondary N) is 2. The van der Waals surface area contributed by atoms with E-state index in [2.05, 4.69) is 15.5 Å². The molecule has 1 saturated heterocycles. The van der Waals surface area contributed by atoms with Gasteiger partial charge >= 0.3 is 6.03 Å². The Morgan fingerprint density at radius 2 is 2.09 bits per heavy atom. The smallest absolute Gasteiger partial charge is 0.315 e. The van der Waals surface area contributed by atoms with Gasteiger partial charge in [0.25, 0.3) is 0 Å². The molecule has 1 aliphatic heterocycles. The molecule has 0 radical (unpaired) electrons. The second-order valence-corrected chi connectivity index (χ2v) is 6.80. The summed E-state index contributed by atoms with van der Waals surface area (Å²) in [6.07, 6.45) is 5.41. The van der Waals surface area contributed by atoms with Gasteiger partial charge in [0.15, 0.2) is 0 Å². The van der Waals surface area contributed by atoms with Crippen LogP contribution in [0.4, 0.5) is 4.79 Å². The first-order chi connectivity index (χ1) is 11.3. The number of thiophene rings is 1. The van der Waals surface area contributed by atoms with E-state index < -0.39 is 0 Å². The molecule has 5 nitrogen and oxygen atoms in total. The molecular weight excluding hydrogens is 310 g/mol. The minimum Gasteiger partial charge on any atom is -0.468 e. The Hall–Kier alpha value is -1.79. The van der Waals surface area contributed by atoms with Gasteiger partial charge in [0.1, 0.15) is 5.76 Å². The molecule has 0 spiro atoms. The summed E-state index contributed by atoms with van der Waals surface area (Å²) < 4.78 is 5.59. The highest BCUT2D eigenvalue weighted by molar-refractivity contribution is 7.09. The molecule has 2 aromatic heterocycles. The minimum atomic E-state index is -0.132. The Balaban J connectivity index is 1.52. The summed E-state index contributed by atoms with van der Waals surface area (Å²) in [4.78, 5) is 15.6. The van der Waals surface area contributed by atoms with E-state index in [1.807, 2.05) is 29.6 Å². The van der Waals surface area contributed by atoms with Crippen molar-refractivity contribution < 1.29 is 9.21 Å². The van der Waals surface area contributed by atoms with E-state index in [0.717, 1.165) is 23.7 Å². The average Bonchev–Trinajstić information content (AvgIpc) is 3.28. The summed E-state index contributed by atoms with van der Waals surface area (Å²) in [7, 11) is 0. The van der Waals surface area contributed by atoms with Gasteiger partial charge in [-0.25, -0.2) is 4.79 Å². The van der Waals surface area contributed by atoms with E-state index in [0.29, 0.717) is 13.1 Å². The molecule has 0 aromatic carbocycles. The van der Waals surface area contributed by atoms with Crippen LogP contribution in [0.25, 0.3) is 0 Å². The molecule has 0 bridgehead atoms. The summed E-state index contributed by atoms with van der Waals surface area (Å²) in [5.41, 5.74) is 0. The van der Waals surface area contributed by atoms with E-state index in [1.165, 1.54) is 19.3 Å². The highest BCUT2D eigenvalue weighted by atomic mass is 32.1. The number of furan rings is 1. The van der Waals surface area contributed by atoms with E-state index in [9.17, 15) is 4.79 Å². The van der Waals surface area contributed by atoms with Crippen LogP contribution < -0.4 is 10.6 Å². The van der Waals surface area contributed by atoms with Crippen molar-refractivity contribution in [2.75, 3.05) is 19.6 Å². The first kappa shape index (κ1) is 16.1. The topological polar surface area (TPSA) is 57.5 Å². The number of rotatable bonds is 6. The van der Waals surface area contributed by atoms with E-state index >= 15 is 0 Å². The van der Waals surface area contributed by atoms with E-state index in [1.54, 1.807) is 17.6 Å². The lowest BCUT2D eigenvalue weighted by molar-refractivity contribution is 0.143. The van der Waals surface area contributed by atoms with Crippen molar-refractivity contribution in [1.29, 1.82) is 0 Å². The van der Waals surface area contributed by atoms with Gasteiger partial charge in [0.05, 0.1) is 18.8 Å². The Bertz CT molecular complexity index is 577. The maximum Gasteiger partial charge on any atom is 0.315 e. The Morgan fingerprint density at radius 3 is 2.78 bits per heavy atom. The SMILES string of the molecule is O=C(NCc1cccs1)NC[C@@H](c1ccco1)N1CCCCC1. The molecule has 2 N–H and O–H groups in total. The molecule has 6 heteroatoms. The van der Waals surface area contributed by atoms with E-state index in [-0.39, 0.29) is 12.1 Å². The normalized spacial score (nSPS) is 16.9. The van der Waals surface area contributed by atoms with Crippen molar-refractivity contribution in [1.82, 2.24) is 15.5 Å². The largest absolute Gasteiger partial charge is 0.468 e. The number of hydrogen-bond acceptors (Lipinski definition) is 4. The van der Waals surface area contributed by atoms with Crippen molar-refractivity contribution in [3.05, 3.63) is 46.5 Å². The molecule has 2 aromatic rings. The quantitative estimate of drug-likeness (QED) is 0.852. The summed E-state index contributed by atoms with van der Waals surface area (Å²) in [6.45, 7) is 3.25. The van der Waals surface area contributed by atoms with Crippen LogP contribution in [0, 0.1) is 0 Å². The zero-order valence-electron chi connectivity index (χ0n) is 13.2. The van der Waals surface area contributed by atoms with Gasteiger partial charge in [-0.1, -0.05) is 12.5 Å². The first-order valence-electron chi connectivity index (χ1n) is 8.14. The van der Waals surface area contributed by atoms with Crippen LogP contribution in [0.3, 0.4) is 0 Å². The average molecular weight is 333 g/mol. The predicted molar refractivity (Wildman–Crippen MR) is 91.4 cm³/mol. The van der Waals surface area contributed by atoms with Crippen LogP contribution in [0.2, 0.25) is 0 Å². The van der Waals surface area contributed by atoms with Gasteiger partial charge in [-0.15, -0.1) is 11.3 Å². The molecule has 1 atom stereocenters. The molecule has 1 aliphatic rings.